The highest BCUT2D eigenvalue weighted by Gasteiger charge is 2.11. The van der Waals surface area contributed by atoms with Crippen LogP contribution in [0, 0.1) is 11.3 Å². The van der Waals surface area contributed by atoms with Crippen molar-refractivity contribution >= 4 is 5.91 Å². The summed E-state index contributed by atoms with van der Waals surface area (Å²) in [5.74, 6) is -0.320. The van der Waals surface area contributed by atoms with Gasteiger partial charge in [0.2, 0.25) is 0 Å². The van der Waals surface area contributed by atoms with E-state index in [4.69, 9.17) is 10.00 Å². The van der Waals surface area contributed by atoms with Crippen molar-refractivity contribution in [1.29, 1.82) is 5.26 Å². The number of hydrogen-bond donors (Lipinski definition) is 2. The van der Waals surface area contributed by atoms with E-state index in [-0.39, 0.29) is 11.5 Å². The highest BCUT2D eigenvalue weighted by Crippen LogP contribution is 1.95. The van der Waals surface area contributed by atoms with E-state index in [2.05, 4.69) is 15.5 Å². The van der Waals surface area contributed by atoms with Crippen LogP contribution in [0.15, 0.2) is 11.8 Å². The zero-order valence-corrected chi connectivity index (χ0v) is 11.4. The molecule has 6 heteroatoms. The van der Waals surface area contributed by atoms with Gasteiger partial charge in [0, 0.05) is 38.9 Å². The molecule has 0 aliphatic carbocycles. The van der Waals surface area contributed by atoms with Crippen molar-refractivity contribution in [2.45, 2.75) is 13.3 Å². The lowest BCUT2D eigenvalue weighted by atomic mass is 10.3. The molecular formula is C13H22N4O2. The minimum absolute atomic E-state index is 0.121. The molecule has 0 aromatic carbocycles. The molecule has 1 rings (SSSR count). The molecule has 0 bridgehead atoms. The zero-order valence-electron chi connectivity index (χ0n) is 11.4. The molecule has 1 aliphatic rings. The molecule has 1 fully saturated rings. The van der Waals surface area contributed by atoms with Gasteiger partial charge in [0.25, 0.3) is 5.91 Å². The smallest absolute Gasteiger partial charge is 0.263 e. The molecule has 1 saturated heterocycles. The molecule has 1 amide bonds. The first kappa shape index (κ1) is 15.5. The van der Waals surface area contributed by atoms with Crippen LogP contribution in [0.2, 0.25) is 0 Å². The molecule has 19 heavy (non-hydrogen) atoms. The second kappa shape index (κ2) is 9.36. The van der Waals surface area contributed by atoms with Crippen LogP contribution in [0.1, 0.15) is 13.3 Å². The van der Waals surface area contributed by atoms with E-state index in [1.54, 1.807) is 0 Å². The van der Waals surface area contributed by atoms with Gasteiger partial charge in [-0.25, -0.2) is 0 Å². The molecule has 106 valence electrons. The minimum atomic E-state index is -0.320. The summed E-state index contributed by atoms with van der Waals surface area (Å²) in [5.41, 5.74) is 0.121. The number of ether oxygens (including phenoxy) is 1. The SMILES string of the molecule is CCCN/C=C(/C#N)C(=O)NCCN1CCOCC1. The second-order valence-corrected chi connectivity index (χ2v) is 4.33. The Morgan fingerprint density at radius 1 is 1.42 bits per heavy atom. The van der Waals surface area contributed by atoms with Crippen molar-refractivity contribution in [3.05, 3.63) is 11.8 Å². The molecule has 1 aliphatic heterocycles. The van der Waals surface area contributed by atoms with Gasteiger partial charge in [0.1, 0.15) is 11.6 Å². The van der Waals surface area contributed by atoms with E-state index >= 15 is 0 Å². The molecule has 2 N–H and O–H groups in total. The summed E-state index contributed by atoms with van der Waals surface area (Å²) in [4.78, 5) is 14.0. The predicted molar refractivity (Wildman–Crippen MR) is 72.3 cm³/mol. The standard InChI is InChI=1S/C13H22N4O2/c1-2-3-15-11-12(10-14)13(18)16-4-5-17-6-8-19-9-7-17/h11,15H,2-9H2,1H3,(H,16,18)/b12-11-. The van der Waals surface area contributed by atoms with E-state index < -0.39 is 0 Å². The Morgan fingerprint density at radius 3 is 2.79 bits per heavy atom. The maximum absolute atomic E-state index is 11.7. The van der Waals surface area contributed by atoms with Crippen LogP contribution in [0.25, 0.3) is 0 Å². The second-order valence-electron chi connectivity index (χ2n) is 4.33. The van der Waals surface area contributed by atoms with Crippen LogP contribution < -0.4 is 10.6 Å². The molecule has 6 nitrogen and oxygen atoms in total. The number of morpholine rings is 1. The Balaban J connectivity index is 2.24. The van der Waals surface area contributed by atoms with E-state index in [0.717, 1.165) is 45.8 Å². The lowest BCUT2D eigenvalue weighted by Gasteiger charge is -2.26. The Labute approximate surface area is 114 Å². The normalized spacial score (nSPS) is 16.7. The maximum Gasteiger partial charge on any atom is 0.263 e. The molecule has 0 saturated carbocycles. The fourth-order valence-electron chi connectivity index (χ4n) is 1.71. The highest BCUT2D eigenvalue weighted by atomic mass is 16.5. The molecule has 0 spiro atoms. The summed E-state index contributed by atoms with van der Waals surface area (Å²) in [6.45, 7) is 7.41. The minimum Gasteiger partial charge on any atom is -0.390 e. The molecule has 0 aromatic rings. The van der Waals surface area contributed by atoms with Crippen molar-refractivity contribution in [3.8, 4) is 6.07 Å². The summed E-state index contributed by atoms with van der Waals surface area (Å²) in [7, 11) is 0. The van der Waals surface area contributed by atoms with Gasteiger partial charge in [-0.1, -0.05) is 6.92 Å². The molecule has 0 radical (unpaired) electrons. The van der Waals surface area contributed by atoms with E-state index in [9.17, 15) is 4.79 Å². The van der Waals surface area contributed by atoms with Gasteiger partial charge in [-0.05, 0) is 6.42 Å². The first-order chi connectivity index (χ1) is 9.27. The number of rotatable bonds is 7. The van der Waals surface area contributed by atoms with E-state index in [1.165, 1.54) is 6.20 Å². The Morgan fingerprint density at radius 2 is 2.16 bits per heavy atom. The molecule has 0 unspecified atom stereocenters. The van der Waals surface area contributed by atoms with Crippen LogP contribution in [0.3, 0.4) is 0 Å². The Bertz CT molecular complexity index is 343. The summed E-state index contributed by atoms with van der Waals surface area (Å²) in [6, 6.07) is 1.90. The first-order valence-electron chi connectivity index (χ1n) is 6.70. The molecule has 0 aromatic heterocycles. The van der Waals surface area contributed by atoms with Gasteiger partial charge >= 0.3 is 0 Å². The number of carbonyl (C=O) groups is 1. The largest absolute Gasteiger partial charge is 0.390 e. The number of nitrogens with zero attached hydrogens (tertiary/aromatic N) is 2. The first-order valence-corrected chi connectivity index (χ1v) is 6.70. The van der Waals surface area contributed by atoms with Gasteiger partial charge < -0.3 is 15.4 Å². The van der Waals surface area contributed by atoms with Crippen molar-refractivity contribution in [2.75, 3.05) is 45.9 Å². The molecule has 1 heterocycles. The monoisotopic (exact) mass is 266 g/mol. The van der Waals surface area contributed by atoms with Gasteiger partial charge in [-0.3, -0.25) is 9.69 Å². The number of carbonyl (C=O) groups excluding carboxylic acids is 1. The van der Waals surface area contributed by atoms with Gasteiger partial charge in [-0.15, -0.1) is 0 Å². The van der Waals surface area contributed by atoms with Crippen LogP contribution in [0.5, 0.6) is 0 Å². The van der Waals surface area contributed by atoms with Gasteiger partial charge in [0.15, 0.2) is 0 Å². The third-order valence-corrected chi connectivity index (χ3v) is 2.82. The number of nitriles is 1. The Kier molecular flexibility index (Phi) is 7.63. The van der Waals surface area contributed by atoms with Crippen molar-refractivity contribution < 1.29 is 9.53 Å². The average molecular weight is 266 g/mol. The van der Waals surface area contributed by atoms with Crippen LogP contribution in [-0.2, 0) is 9.53 Å². The van der Waals surface area contributed by atoms with Gasteiger partial charge in [-0.2, -0.15) is 5.26 Å². The predicted octanol–water partition coefficient (Wildman–Crippen LogP) is -0.158. The zero-order chi connectivity index (χ0) is 13.9. The molecular weight excluding hydrogens is 244 g/mol. The fourth-order valence-corrected chi connectivity index (χ4v) is 1.71. The number of amides is 1. The fraction of sp³-hybridized carbons (Fsp3) is 0.692. The van der Waals surface area contributed by atoms with Crippen LogP contribution in [0.4, 0.5) is 0 Å². The Hall–Kier alpha value is -1.58. The van der Waals surface area contributed by atoms with Crippen molar-refractivity contribution in [3.63, 3.8) is 0 Å². The number of hydrogen-bond acceptors (Lipinski definition) is 5. The highest BCUT2D eigenvalue weighted by molar-refractivity contribution is 5.97. The quantitative estimate of drug-likeness (QED) is 0.380. The number of nitrogens with one attached hydrogen (secondary N) is 2. The van der Waals surface area contributed by atoms with E-state index in [0.29, 0.717) is 6.54 Å². The van der Waals surface area contributed by atoms with E-state index in [1.807, 2.05) is 13.0 Å². The summed E-state index contributed by atoms with van der Waals surface area (Å²) < 4.78 is 5.25. The lowest BCUT2D eigenvalue weighted by Crippen LogP contribution is -2.41. The van der Waals surface area contributed by atoms with Crippen molar-refractivity contribution in [1.82, 2.24) is 15.5 Å². The molecule has 0 atom stereocenters. The van der Waals surface area contributed by atoms with Crippen LogP contribution >= 0.6 is 0 Å². The third kappa shape index (κ3) is 6.22. The lowest BCUT2D eigenvalue weighted by molar-refractivity contribution is -0.117. The topological polar surface area (TPSA) is 77.4 Å². The maximum atomic E-state index is 11.7. The van der Waals surface area contributed by atoms with Crippen LogP contribution in [-0.4, -0.2) is 56.7 Å². The summed E-state index contributed by atoms with van der Waals surface area (Å²) in [6.07, 6.45) is 2.43. The van der Waals surface area contributed by atoms with Gasteiger partial charge in [0.05, 0.1) is 13.2 Å². The third-order valence-electron chi connectivity index (χ3n) is 2.82. The summed E-state index contributed by atoms with van der Waals surface area (Å²) >= 11 is 0. The van der Waals surface area contributed by atoms with Crippen molar-refractivity contribution in [2.24, 2.45) is 0 Å². The average Bonchev–Trinajstić information content (AvgIpc) is 2.44. The summed E-state index contributed by atoms with van der Waals surface area (Å²) in [5, 5.41) is 14.6.